The number of carbonyl (C=O) groups excluding carboxylic acids is 1. The fraction of sp³-hybridized carbons (Fsp3) is 0.800. The Morgan fingerprint density at radius 3 is 3.11 bits per heavy atom. The fourth-order valence-electron chi connectivity index (χ4n) is 0.955. The smallest absolute Gasteiger partial charge is 0.324 e. The van der Waals surface area contributed by atoms with Crippen molar-refractivity contribution in [2.75, 3.05) is 5.75 Å². The summed E-state index contributed by atoms with van der Waals surface area (Å²) in [7, 11) is 3.44. The Morgan fingerprint density at radius 2 is 2.56 bits per heavy atom. The molecule has 0 aliphatic carbocycles. The lowest BCUT2D eigenvalue weighted by Gasteiger charge is -2.36. The third-order valence-corrected chi connectivity index (χ3v) is 4.27. The van der Waals surface area contributed by atoms with Crippen LogP contribution in [0.25, 0.3) is 0 Å². The number of carbonyl (C=O) groups is 1. The van der Waals surface area contributed by atoms with Crippen LogP contribution < -0.4 is 0 Å². The van der Waals surface area contributed by atoms with Crippen LogP contribution in [0.3, 0.4) is 0 Å². The van der Waals surface area contributed by atoms with Gasteiger partial charge in [-0.1, -0.05) is 21.6 Å². The zero-order valence-electron chi connectivity index (χ0n) is 4.70. The van der Waals surface area contributed by atoms with Gasteiger partial charge in [0.05, 0.1) is 0 Å². The molecule has 2 aliphatic rings. The monoisotopic (exact) mass is 162 g/mol. The fourth-order valence-corrected chi connectivity index (χ4v) is 3.60. The van der Waals surface area contributed by atoms with E-state index in [2.05, 4.69) is 0 Å². The van der Waals surface area contributed by atoms with Gasteiger partial charge in [-0.25, -0.2) is 0 Å². The number of hydrogen-bond acceptors (Lipinski definition) is 4. The molecule has 4 heteroatoms. The number of fused-ring (bicyclic) bond motifs is 1. The van der Waals surface area contributed by atoms with E-state index in [-0.39, 0.29) is 17.3 Å². The van der Waals surface area contributed by atoms with E-state index in [1.54, 1.807) is 21.6 Å². The molecular formula is C5H6O2S2. The zero-order chi connectivity index (χ0) is 6.27. The molecule has 0 aromatic heterocycles. The Balaban J connectivity index is 2.01. The molecular weight excluding hydrogens is 156 g/mol. The number of esters is 1. The lowest BCUT2D eigenvalue weighted by atomic mass is 10.1. The standard InChI is InChI=1S/C5H6O2S2/c6-5-4-3(7-5)1-2-8-9-4/h3-4H,1-2H2. The third-order valence-electron chi connectivity index (χ3n) is 1.49. The molecule has 2 saturated heterocycles. The van der Waals surface area contributed by atoms with Gasteiger partial charge in [-0.05, 0) is 6.42 Å². The predicted octanol–water partition coefficient (Wildman–Crippen LogP) is 1.07. The first kappa shape index (κ1) is 5.92. The second-order valence-electron chi connectivity index (χ2n) is 2.10. The molecule has 2 rings (SSSR count). The van der Waals surface area contributed by atoms with Crippen molar-refractivity contribution in [3.05, 3.63) is 0 Å². The summed E-state index contributed by atoms with van der Waals surface area (Å²) in [5, 5.41) is 0.170. The molecule has 2 atom stereocenters. The second kappa shape index (κ2) is 2.09. The average Bonchev–Trinajstić information content (AvgIpc) is 1.86. The highest BCUT2D eigenvalue weighted by atomic mass is 33.1. The maximum absolute atomic E-state index is 10.6. The molecule has 2 fully saturated rings. The van der Waals surface area contributed by atoms with E-state index >= 15 is 0 Å². The molecule has 50 valence electrons. The lowest BCUT2D eigenvalue weighted by Crippen LogP contribution is -2.49. The van der Waals surface area contributed by atoms with Crippen molar-refractivity contribution in [3.63, 3.8) is 0 Å². The maximum Gasteiger partial charge on any atom is 0.324 e. The first-order valence-corrected chi connectivity index (χ1v) is 5.25. The topological polar surface area (TPSA) is 26.3 Å². The summed E-state index contributed by atoms with van der Waals surface area (Å²) in [5.41, 5.74) is 0. The van der Waals surface area contributed by atoms with E-state index in [9.17, 15) is 4.79 Å². The van der Waals surface area contributed by atoms with Crippen LogP contribution >= 0.6 is 21.6 Å². The van der Waals surface area contributed by atoms with Gasteiger partial charge in [0, 0.05) is 5.75 Å². The molecule has 9 heavy (non-hydrogen) atoms. The Morgan fingerprint density at radius 1 is 1.67 bits per heavy atom. The first-order chi connectivity index (χ1) is 4.38. The Hall–Kier alpha value is 0.170. The minimum atomic E-state index is -0.0165. The van der Waals surface area contributed by atoms with Gasteiger partial charge < -0.3 is 4.74 Å². The van der Waals surface area contributed by atoms with Crippen LogP contribution in [-0.2, 0) is 9.53 Å². The molecule has 0 N–H and O–H groups in total. The summed E-state index contributed by atoms with van der Waals surface area (Å²) in [6.45, 7) is 0. The SMILES string of the molecule is O=C1OC2CCSSC12. The molecule has 2 unspecified atom stereocenters. The van der Waals surface area contributed by atoms with E-state index in [1.165, 1.54) is 0 Å². The van der Waals surface area contributed by atoms with Gasteiger partial charge in [-0.15, -0.1) is 0 Å². The van der Waals surface area contributed by atoms with Crippen LogP contribution in [0.5, 0.6) is 0 Å². The molecule has 0 aromatic rings. The molecule has 2 aliphatic heterocycles. The van der Waals surface area contributed by atoms with Gasteiger partial charge in [0.15, 0.2) is 0 Å². The third kappa shape index (κ3) is 0.846. The van der Waals surface area contributed by atoms with Crippen molar-refractivity contribution in [3.8, 4) is 0 Å². The zero-order valence-corrected chi connectivity index (χ0v) is 6.33. The summed E-state index contributed by atoms with van der Waals surface area (Å²) < 4.78 is 4.87. The van der Waals surface area contributed by atoms with Gasteiger partial charge in [0.2, 0.25) is 0 Å². The molecule has 0 saturated carbocycles. The van der Waals surface area contributed by atoms with Crippen molar-refractivity contribution >= 4 is 27.6 Å². The van der Waals surface area contributed by atoms with Crippen LogP contribution in [0.1, 0.15) is 6.42 Å². The number of rotatable bonds is 0. The van der Waals surface area contributed by atoms with E-state index < -0.39 is 0 Å². The van der Waals surface area contributed by atoms with Crippen molar-refractivity contribution in [2.24, 2.45) is 0 Å². The van der Waals surface area contributed by atoms with E-state index in [0.717, 1.165) is 12.2 Å². The van der Waals surface area contributed by atoms with Crippen LogP contribution in [0, 0.1) is 0 Å². The molecule has 0 aromatic carbocycles. The molecule has 0 radical (unpaired) electrons. The maximum atomic E-state index is 10.6. The van der Waals surface area contributed by atoms with E-state index in [4.69, 9.17) is 4.74 Å². The second-order valence-corrected chi connectivity index (χ2v) is 4.73. The molecule has 0 bridgehead atoms. The normalized spacial score (nSPS) is 40.7. The van der Waals surface area contributed by atoms with Crippen molar-refractivity contribution < 1.29 is 9.53 Å². The minimum Gasteiger partial charge on any atom is -0.460 e. The highest BCUT2D eigenvalue weighted by Crippen LogP contribution is 2.42. The van der Waals surface area contributed by atoms with Gasteiger partial charge in [0.25, 0.3) is 0 Å². The van der Waals surface area contributed by atoms with E-state index in [0.29, 0.717) is 0 Å². The summed E-state index contributed by atoms with van der Waals surface area (Å²) in [6.07, 6.45) is 1.30. The quantitative estimate of drug-likeness (QED) is 0.393. The molecule has 0 spiro atoms. The largest absolute Gasteiger partial charge is 0.460 e. The summed E-state index contributed by atoms with van der Waals surface area (Å²) in [5.74, 6) is 1.11. The van der Waals surface area contributed by atoms with Crippen molar-refractivity contribution in [1.82, 2.24) is 0 Å². The van der Waals surface area contributed by atoms with Crippen molar-refractivity contribution in [2.45, 2.75) is 17.8 Å². The van der Waals surface area contributed by atoms with E-state index in [1.807, 2.05) is 0 Å². The molecule has 0 amide bonds. The van der Waals surface area contributed by atoms with Gasteiger partial charge in [-0.3, -0.25) is 4.79 Å². The van der Waals surface area contributed by atoms with Gasteiger partial charge >= 0.3 is 5.97 Å². The minimum absolute atomic E-state index is 0.0165. The van der Waals surface area contributed by atoms with Crippen LogP contribution in [0.4, 0.5) is 0 Å². The summed E-state index contributed by atoms with van der Waals surface area (Å²) in [4.78, 5) is 10.6. The van der Waals surface area contributed by atoms with Crippen molar-refractivity contribution in [1.29, 1.82) is 0 Å². The van der Waals surface area contributed by atoms with Gasteiger partial charge in [0.1, 0.15) is 11.4 Å². The van der Waals surface area contributed by atoms with Gasteiger partial charge in [-0.2, -0.15) is 0 Å². The number of ether oxygens (including phenoxy) is 1. The Kier molecular flexibility index (Phi) is 1.38. The summed E-state index contributed by atoms with van der Waals surface area (Å²) in [6, 6.07) is 0. The highest BCUT2D eigenvalue weighted by Gasteiger charge is 2.44. The van der Waals surface area contributed by atoms with Crippen LogP contribution in [0.2, 0.25) is 0 Å². The predicted molar refractivity (Wildman–Crippen MR) is 38.3 cm³/mol. The number of hydrogen-bond donors (Lipinski definition) is 0. The Bertz CT molecular complexity index is 148. The average molecular weight is 162 g/mol. The lowest BCUT2D eigenvalue weighted by molar-refractivity contribution is -0.167. The molecule has 2 nitrogen and oxygen atoms in total. The summed E-state index contributed by atoms with van der Waals surface area (Å²) >= 11 is 0. The molecule has 2 heterocycles. The van der Waals surface area contributed by atoms with Crippen LogP contribution in [-0.4, -0.2) is 23.1 Å². The highest BCUT2D eigenvalue weighted by molar-refractivity contribution is 8.77. The Labute approximate surface area is 61.1 Å². The first-order valence-electron chi connectivity index (χ1n) is 2.87. The van der Waals surface area contributed by atoms with Crippen LogP contribution in [0.15, 0.2) is 0 Å².